The van der Waals surface area contributed by atoms with E-state index in [1.807, 2.05) is 0 Å². The summed E-state index contributed by atoms with van der Waals surface area (Å²) in [7, 11) is 0. The number of aliphatic carboxylic acids is 1. The maximum atomic E-state index is 10.5. The van der Waals surface area contributed by atoms with Gasteiger partial charge in [-0.05, 0) is 5.92 Å². The number of carboxylic acid groups (broad SMARTS) is 1. The molecule has 1 N–H and O–H groups in total. The van der Waals surface area contributed by atoms with Crippen molar-refractivity contribution in [3.05, 3.63) is 17.8 Å². The minimum atomic E-state index is -0.717. The van der Waals surface area contributed by atoms with E-state index in [1.165, 1.54) is 0 Å². The molecule has 5 nitrogen and oxygen atoms in total. The van der Waals surface area contributed by atoms with Crippen molar-refractivity contribution in [2.45, 2.75) is 39.2 Å². The second-order valence-electron chi connectivity index (χ2n) is 6.03. The number of hydrogen-bond donors (Lipinski definition) is 1. The Kier molecular flexibility index (Phi) is 3.43. The Hall–Kier alpha value is -1.36. The van der Waals surface area contributed by atoms with Crippen molar-refractivity contribution in [2.75, 3.05) is 13.1 Å². The average Bonchev–Trinajstić information content (AvgIpc) is 2.61. The molecule has 0 unspecified atom stereocenters. The van der Waals surface area contributed by atoms with Gasteiger partial charge in [0.05, 0.1) is 19.2 Å². The molecule has 1 fully saturated rings. The molecule has 5 heteroatoms. The van der Waals surface area contributed by atoms with Crippen LogP contribution >= 0.6 is 0 Å². The number of rotatable bonds is 4. The third-order valence-corrected chi connectivity index (χ3v) is 3.15. The summed E-state index contributed by atoms with van der Waals surface area (Å²) in [6.07, 6.45) is 2.04. The predicted octanol–water partition coefficient (Wildman–Crippen LogP) is 1.88. The second-order valence-corrected chi connectivity index (χ2v) is 6.03. The normalized spacial score (nSPS) is 17.7. The van der Waals surface area contributed by atoms with Crippen molar-refractivity contribution in [1.29, 1.82) is 0 Å². The summed E-state index contributed by atoms with van der Waals surface area (Å²) < 4.78 is 5.70. The van der Waals surface area contributed by atoms with Crippen LogP contribution in [0.4, 0.5) is 0 Å². The van der Waals surface area contributed by atoms with Gasteiger partial charge in [0, 0.05) is 18.5 Å². The van der Waals surface area contributed by atoms with E-state index in [0.29, 0.717) is 12.4 Å². The molecule has 2 heterocycles. The predicted molar refractivity (Wildman–Crippen MR) is 66.2 cm³/mol. The van der Waals surface area contributed by atoms with Crippen LogP contribution < -0.4 is 0 Å². The van der Waals surface area contributed by atoms with Crippen LogP contribution in [0.1, 0.15) is 38.8 Å². The highest BCUT2D eigenvalue weighted by Gasteiger charge is 2.29. The molecule has 100 valence electrons. The van der Waals surface area contributed by atoms with Crippen LogP contribution in [0.5, 0.6) is 0 Å². The highest BCUT2D eigenvalue weighted by Crippen LogP contribution is 2.25. The van der Waals surface area contributed by atoms with Crippen LogP contribution in [-0.4, -0.2) is 34.0 Å². The summed E-state index contributed by atoms with van der Waals surface area (Å²) >= 11 is 0. The van der Waals surface area contributed by atoms with Crippen LogP contribution in [0, 0.1) is 5.92 Å². The van der Waals surface area contributed by atoms with Crippen molar-refractivity contribution < 1.29 is 14.3 Å². The quantitative estimate of drug-likeness (QED) is 0.886. The number of carbonyl (C=O) groups is 1. The van der Waals surface area contributed by atoms with Gasteiger partial charge in [-0.2, -0.15) is 0 Å². The first-order valence-corrected chi connectivity index (χ1v) is 6.24. The van der Waals surface area contributed by atoms with Crippen LogP contribution in [0.2, 0.25) is 0 Å². The third kappa shape index (κ3) is 3.10. The first kappa shape index (κ1) is 13.1. The molecule has 0 spiro atoms. The number of hydrogen-bond acceptors (Lipinski definition) is 4. The van der Waals surface area contributed by atoms with Gasteiger partial charge in [-0.15, -0.1) is 0 Å². The molecule has 1 saturated heterocycles. The molecule has 0 saturated carbocycles. The standard InChI is InChI=1S/C13H20N2O3/c1-13(2,3)10-5-14-11(18-10)8-15-6-9(7-15)4-12(16)17/h5,9H,4,6-8H2,1-3H3,(H,16,17). The fourth-order valence-electron chi connectivity index (χ4n) is 2.10. The Balaban J connectivity index is 1.82. The van der Waals surface area contributed by atoms with Crippen molar-refractivity contribution in [3.63, 3.8) is 0 Å². The largest absolute Gasteiger partial charge is 0.481 e. The van der Waals surface area contributed by atoms with Crippen molar-refractivity contribution in [3.8, 4) is 0 Å². The summed E-state index contributed by atoms with van der Waals surface area (Å²) in [6, 6.07) is 0. The topological polar surface area (TPSA) is 66.6 Å². The molecule has 0 aliphatic carbocycles. The second kappa shape index (κ2) is 4.72. The monoisotopic (exact) mass is 252 g/mol. The Labute approximate surface area is 107 Å². The van der Waals surface area contributed by atoms with Crippen molar-refractivity contribution in [2.24, 2.45) is 5.92 Å². The van der Waals surface area contributed by atoms with Gasteiger partial charge in [0.1, 0.15) is 5.76 Å². The van der Waals surface area contributed by atoms with E-state index in [9.17, 15) is 4.79 Å². The van der Waals surface area contributed by atoms with E-state index in [1.54, 1.807) is 6.20 Å². The molecule has 0 aromatic carbocycles. The fourth-order valence-corrected chi connectivity index (χ4v) is 2.10. The molecular formula is C13H20N2O3. The minimum absolute atomic E-state index is 0.0218. The van der Waals surface area contributed by atoms with Gasteiger partial charge in [-0.25, -0.2) is 4.98 Å². The highest BCUT2D eigenvalue weighted by atomic mass is 16.4. The van der Waals surface area contributed by atoms with Crippen molar-refractivity contribution in [1.82, 2.24) is 9.88 Å². The maximum Gasteiger partial charge on any atom is 0.303 e. The Morgan fingerprint density at radius 3 is 2.72 bits per heavy atom. The van der Waals surface area contributed by atoms with Crippen molar-refractivity contribution >= 4 is 5.97 Å². The zero-order valence-electron chi connectivity index (χ0n) is 11.1. The molecule has 0 amide bonds. The van der Waals surface area contributed by atoms with Gasteiger partial charge in [-0.3, -0.25) is 9.69 Å². The smallest absolute Gasteiger partial charge is 0.303 e. The average molecular weight is 252 g/mol. The number of carboxylic acids is 1. The molecule has 1 aliphatic heterocycles. The molecule has 1 aromatic heterocycles. The molecular weight excluding hydrogens is 232 g/mol. The lowest BCUT2D eigenvalue weighted by molar-refractivity contribution is -0.139. The van der Waals surface area contributed by atoms with Gasteiger partial charge in [-0.1, -0.05) is 20.8 Å². The lowest BCUT2D eigenvalue weighted by Crippen LogP contribution is -2.46. The third-order valence-electron chi connectivity index (χ3n) is 3.15. The lowest BCUT2D eigenvalue weighted by atomic mass is 9.94. The molecule has 0 radical (unpaired) electrons. The summed E-state index contributed by atoms with van der Waals surface area (Å²) in [5.41, 5.74) is -0.0218. The zero-order chi connectivity index (χ0) is 13.3. The number of oxazole rings is 1. The van der Waals surface area contributed by atoms with Crippen LogP contribution in [0.15, 0.2) is 10.6 Å². The summed E-state index contributed by atoms with van der Waals surface area (Å²) in [4.78, 5) is 17.0. The number of nitrogens with zero attached hydrogens (tertiary/aromatic N) is 2. The number of likely N-dealkylation sites (tertiary alicyclic amines) is 1. The molecule has 0 atom stereocenters. The molecule has 0 bridgehead atoms. The van der Waals surface area contributed by atoms with E-state index in [0.717, 1.165) is 18.8 Å². The summed E-state index contributed by atoms with van der Waals surface area (Å²) in [5, 5.41) is 8.67. The zero-order valence-corrected chi connectivity index (χ0v) is 11.1. The highest BCUT2D eigenvalue weighted by molar-refractivity contribution is 5.67. The van der Waals surface area contributed by atoms with E-state index in [2.05, 4.69) is 30.7 Å². The fraction of sp³-hybridized carbons (Fsp3) is 0.692. The van der Waals surface area contributed by atoms with E-state index in [-0.39, 0.29) is 17.8 Å². The van der Waals surface area contributed by atoms with Gasteiger partial charge in [0.25, 0.3) is 0 Å². The Morgan fingerprint density at radius 2 is 2.22 bits per heavy atom. The SMILES string of the molecule is CC(C)(C)c1cnc(CN2CC(CC(=O)O)C2)o1. The Bertz CT molecular complexity index is 428. The van der Waals surface area contributed by atoms with Gasteiger partial charge in [0.15, 0.2) is 0 Å². The number of aromatic nitrogens is 1. The first-order chi connectivity index (χ1) is 8.34. The first-order valence-electron chi connectivity index (χ1n) is 6.24. The van der Waals surface area contributed by atoms with E-state index < -0.39 is 5.97 Å². The van der Waals surface area contributed by atoms with E-state index in [4.69, 9.17) is 9.52 Å². The van der Waals surface area contributed by atoms with Crippen LogP contribution in [0.3, 0.4) is 0 Å². The van der Waals surface area contributed by atoms with Gasteiger partial charge in [0.2, 0.25) is 5.89 Å². The van der Waals surface area contributed by atoms with Crippen LogP contribution in [0.25, 0.3) is 0 Å². The summed E-state index contributed by atoms with van der Waals surface area (Å²) in [5.74, 6) is 1.17. The minimum Gasteiger partial charge on any atom is -0.481 e. The van der Waals surface area contributed by atoms with Gasteiger partial charge < -0.3 is 9.52 Å². The maximum absolute atomic E-state index is 10.5. The van der Waals surface area contributed by atoms with Gasteiger partial charge >= 0.3 is 5.97 Å². The lowest BCUT2D eigenvalue weighted by Gasteiger charge is -2.37. The molecule has 18 heavy (non-hydrogen) atoms. The van der Waals surface area contributed by atoms with Crippen LogP contribution in [-0.2, 0) is 16.8 Å². The van der Waals surface area contributed by atoms with E-state index >= 15 is 0 Å². The molecule has 1 aliphatic rings. The summed E-state index contributed by atoms with van der Waals surface area (Å²) in [6.45, 7) is 8.57. The molecule has 1 aromatic rings. The Morgan fingerprint density at radius 1 is 1.56 bits per heavy atom. The molecule has 2 rings (SSSR count).